The van der Waals surface area contributed by atoms with Gasteiger partial charge in [0.15, 0.2) is 17.2 Å². The zero-order valence-corrected chi connectivity index (χ0v) is 21.1. The molecule has 3 aromatic heterocycles. The lowest BCUT2D eigenvalue weighted by Crippen LogP contribution is -2.40. The van der Waals surface area contributed by atoms with E-state index in [0.717, 1.165) is 17.0 Å². The SMILES string of the molecule is COc1cc2nnc(-c3ccc(F)cc3)n2nc1OCc1ccc2c(n1)CCN(C(=O)OC(C)(C)C)C2. The summed E-state index contributed by atoms with van der Waals surface area (Å²) < 4.78 is 31.8. The van der Waals surface area contributed by atoms with Crippen molar-refractivity contribution in [3.05, 3.63) is 65.2 Å². The van der Waals surface area contributed by atoms with Crippen molar-refractivity contribution in [2.24, 2.45) is 0 Å². The van der Waals surface area contributed by atoms with E-state index < -0.39 is 5.60 Å². The monoisotopic (exact) mass is 506 g/mol. The van der Waals surface area contributed by atoms with E-state index in [4.69, 9.17) is 19.2 Å². The van der Waals surface area contributed by atoms with Crippen molar-refractivity contribution < 1.29 is 23.4 Å². The van der Waals surface area contributed by atoms with Gasteiger partial charge in [-0.2, -0.15) is 4.52 Å². The van der Waals surface area contributed by atoms with Gasteiger partial charge in [0, 0.05) is 30.3 Å². The van der Waals surface area contributed by atoms with Gasteiger partial charge in [0.25, 0.3) is 5.88 Å². The third kappa shape index (κ3) is 5.30. The van der Waals surface area contributed by atoms with Crippen molar-refractivity contribution in [1.29, 1.82) is 0 Å². The molecule has 5 rings (SSSR count). The lowest BCUT2D eigenvalue weighted by atomic mass is 10.1. The Bertz CT molecular complexity index is 1450. The first-order chi connectivity index (χ1) is 17.7. The number of aromatic nitrogens is 5. The van der Waals surface area contributed by atoms with Gasteiger partial charge in [-0.05, 0) is 56.7 Å². The maximum Gasteiger partial charge on any atom is 0.410 e. The second-order valence-corrected chi connectivity index (χ2v) is 9.67. The van der Waals surface area contributed by atoms with Crippen LogP contribution in [0.3, 0.4) is 0 Å². The smallest absolute Gasteiger partial charge is 0.410 e. The van der Waals surface area contributed by atoms with E-state index in [1.54, 1.807) is 23.1 Å². The van der Waals surface area contributed by atoms with Crippen molar-refractivity contribution in [1.82, 2.24) is 29.7 Å². The highest BCUT2D eigenvalue weighted by molar-refractivity contribution is 5.68. The molecule has 0 fully saturated rings. The molecule has 0 spiro atoms. The fourth-order valence-corrected chi connectivity index (χ4v) is 3.99. The summed E-state index contributed by atoms with van der Waals surface area (Å²) in [7, 11) is 1.52. The number of fused-ring (bicyclic) bond motifs is 2. The minimum Gasteiger partial charge on any atom is -0.491 e. The average molecular weight is 507 g/mol. The number of rotatable bonds is 5. The maximum atomic E-state index is 13.4. The van der Waals surface area contributed by atoms with E-state index >= 15 is 0 Å². The molecule has 4 heterocycles. The number of nitrogens with zero attached hydrogens (tertiary/aromatic N) is 6. The van der Waals surface area contributed by atoms with Gasteiger partial charge in [-0.3, -0.25) is 4.98 Å². The summed E-state index contributed by atoms with van der Waals surface area (Å²) in [6.07, 6.45) is 0.297. The van der Waals surface area contributed by atoms with Gasteiger partial charge in [0.1, 0.15) is 18.0 Å². The highest BCUT2D eigenvalue weighted by Crippen LogP contribution is 2.28. The Kier molecular flexibility index (Phi) is 6.36. The fourth-order valence-electron chi connectivity index (χ4n) is 3.99. The summed E-state index contributed by atoms with van der Waals surface area (Å²) in [6, 6.07) is 11.4. The number of hydrogen-bond acceptors (Lipinski definition) is 8. The molecule has 0 radical (unpaired) electrons. The molecule has 11 heteroatoms. The second kappa shape index (κ2) is 9.64. The van der Waals surface area contributed by atoms with E-state index in [-0.39, 0.29) is 24.4 Å². The number of benzene rings is 1. The Morgan fingerprint density at radius 1 is 1.11 bits per heavy atom. The average Bonchev–Trinajstić information content (AvgIpc) is 3.28. The number of carbonyl (C=O) groups excluding carboxylic acids is 1. The van der Waals surface area contributed by atoms with Crippen LogP contribution < -0.4 is 9.47 Å². The number of ether oxygens (including phenoxy) is 3. The molecule has 0 atom stereocenters. The van der Waals surface area contributed by atoms with Crippen LogP contribution in [-0.2, 0) is 24.3 Å². The topological polar surface area (TPSA) is 104 Å². The molecule has 1 amide bonds. The maximum absolute atomic E-state index is 13.4. The standard InChI is InChI=1S/C26H27FN6O4/c1-26(2,3)37-25(34)32-12-11-20-17(14-32)7-10-19(28-20)15-36-24-21(35-4)13-22-29-30-23(33(22)31-24)16-5-8-18(27)9-6-16/h5-10,13H,11-12,14-15H2,1-4H3. The molecule has 10 nitrogen and oxygen atoms in total. The third-order valence-corrected chi connectivity index (χ3v) is 5.76. The molecule has 0 N–H and O–H groups in total. The van der Waals surface area contributed by atoms with Gasteiger partial charge >= 0.3 is 6.09 Å². The number of hydrogen-bond donors (Lipinski definition) is 0. The van der Waals surface area contributed by atoms with E-state index in [9.17, 15) is 9.18 Å². The summed E-state index contributed by atoms with van der Waals surface area (Å²) in [4.78, 5) is 18.9. The molecule has 192 valence electrons. The third-order valence-electron chi connectivity index (χ3n) is 5.76. The number of methoxy groups -OCH3 is 1. The van der Waals surface area contributed by atoms with Crippen LogP contribution in [0, 0.1) is 5.82 Å². The molecular formula is C26H27FN6O4. The molecule has 0 aliphatic carbocycles. The summed E-state index contributed by atoms with van der Waals surface area (Å²) >= 11 is 0. The van der Waals surface area contributed by atoms with Crippen LogP contribution in [0.1, 0.15) is 37.7 Å². The second-order valence-electron chi connectivity index (χ2n) is 9.67. The summed E-state index contributed by atoms with van der Waals surface area (Å²) in [5, 5.41) is 12.9. The highest BCUT2D eigenvalue weighted by Gasteiger charge is 2.26. The Morgan fingerprint density at radius 2 is 1.89 bits per heavy atom. The van der Waals surface area contributed by atoms with Crippen molar-refractivity contribution in [2.75, 3.05) is 13.7 Å². The number of halogens is 1. The quantitative estimate of drug-likeness (QED) is 0.397. The number of pyridine rings is 1. The summed E-state index contributed by atoms with van der Waals surface area (Å²) in [5.74, 6) is 0.751. The Labute approximate surface area is 213 Å². The Hall–Kier alpha value is -4.28. The van der Waals surface area contributed by atoms with Crippen molar-refractivity contribution in [3.8, 4) is 23.0 Å². The molecular weight excluding hydrogens is 479 g/mol. The van der Waals surface area contributed by atoms with E-state index in [0.29, 0.717) is 42.3 Å². The number of carbonyl (C=O) groups is 1. The zero-order chi connectivity index (χ0) is 26.2. The van der Waals surface area contributed by atoms with Crippen LogP contribution >= 0.6 is 0 Å². The van der Waals surface area contributed by atoms with Gasteiger partial charge in [-0.15, -0.1) is 15.3 Å². The molecule has 0 unspecified atom stereocenters. The summed E-state index contributed by atoms with van der Waals surface area (Å²) in [5.41, 5.74) is 3.21. The lowest BCUT2D eigenvalue weighted by Gasteiger charge is -2.30. The van der Waals surface area contributed by atoms with E-state index in [1.165, 1.54) is 23.8 Å². The van der Waals surface area contributed by atoms with Gasteiger partial charge in [-0.25, -0.2) is 9.18 Å². The molecule has 0 bridgehead atoms. The summed E-state index contributed by atoms with van der Waals surface area (Å²) in [6.45, 7) is 6.70. The van der Waals surface area contributed by atoms with Crippen molar-refractivity contribution >= 4 is 11.7 Å². The Morgan fingerprint density at radius 3 is 2.62 bits per heavy atom. The predicted octanol–water partition coefficient (Wildman–Crippen LogP) is 4.21. The van der Waals surface area contributed by atoms with Crippen LogP contribution in [0.2, 0.25) is 0 Å². The van der Waals surface area contributed by atoms with Crippen LogP contribution in [-0.4, -0.2) is 55.0 Å². The van der Waals surface area contributed by atoms with Gasteiger partial charge in [0.2, 0.25) is 0 Å². The molecule has 37 heavy (non-hydrogen) atoms. The van der Waals surface area contributed by atoms with E-state index in [2.05, 4.69) is 15.3 Å². The highest BCUT2D eigenvalue weighted by atomic mass is 19.1. The van der Waals surface area contributed by atoms with Crippen LogP contribution in [0.4, 0.5) is 9.18 Å². The molecule has 1 aliphatic rings. The zero-order valence-electron chi connectivity index (χ0n) is 21.1. The first kappa shape index (κ1) is 24.4. The largest absolute Gasteiger partial charge is 0.491 e. The van der Waals surface area contributed by atoms with Gasteiger partial charge in [-0.1, -0.05) is 6.07 Å². The van der Waals surface area contributed by atoms with E-state index in [1.807, 2.05) is 32.9 Å². The first-order valence-electron chi connectivity index (χ1n) is 11.8. The van der Waals surface area contributed by atoms with Crippen LogP contribution in [0.5, 0.6) is 11.6 Å². The van der Waals surface area contributed by atoms with Crippen LogP contribution in [0.25, 0.3) is 17.0 Å². The minimum atomic E-state index is -0.540. The molecule has 0 saturated carbocycles. The Balaban J connectivity index is 1.33. The first-order valence-corrected chi connectivity index (χ1v) is 11.8. The van der Waals surface area contributed by atoms with Crippen molar-refractivity contribution in [3.63, 3.8) is 0 Å². The lowest BCUT2D eigenvalue weighted by molar-refractivity contribution is 0.0222. The molecule has 1 aliphatic heterocycles. The van der Waals surface area contributed by atoms with Crippen molar-refractivity contribution in [2.45, 2.75) is 45.9 Å². The normalized spacial score (nSPS) is 13.4. The minimum absolute atomic E-state index is 0.159. The van der Waals surface area contributed by atoms with Crippen LogP contribution in [0.15, 0.2) is 42.5 Å². The molecule has 0 saturated heterocycles. The number of amides is 1. The fraction of sp³-hybridized carbons (Fsp3) is 0.346. The molecule has 1 aromatic carbocycles. The molecule has 4 aromatic rings. The van der Waals surface area contributed by atoms with Gasteiger partial charge < -0.3 is 19.1 Å². The predicted molar refractivity (Wildman–Crippen MR) is 132 cm³/mol. The van der Waals surface area contributed by atoms with Gasteiger partial charge in [0.05, 0.1) is 19.3 Å².